The summed E-state index contributed by atoms with van der Waals surface area (Å²) >= 11 is 0. The van der Waals surface area contributed by atoms with Gasteiger partial charge in [0.1, 0.15) is 28.4 Å². The number of benzene rings is 3. The molecule has 1 heterocycles. The zero-order chi connectivity index (χ0) is 22.5. The number of carbonyl (C=O) groups is 2. The van der Waals surface area contributed by atoms with Crippen LogP contribution in [0, 0.1) is 6.92 Å². The van der Waals surface area contributed by atoms with Gasteiger partial charge in [-0.05, 0) is 55.8 Å². The van der Waals surface area contributed by atoms with Crippen LogP contribution in [0.2, 0.25) is 0 Å². The summed E-state index contributed by atoms with van der Waals surface area (Å²) in [6, 6.07) is 21.4. The molecule has 32 heavy (non-hydrogen) atoms. The average Bonchev–Trinajstić information content (AvgIpc) is 3.14. The van der Waals surface area contributed by atoms with Crippen LogP contribution in [-0.2, 0) is 0 Å². The van der Waals surface area contributed by atoms with Crippen LogP contribution < -0.4 is 9.47 Å². The fourth-order valence-electron chi connectivity index (χ4n) is 3.38. The van der Waals surface area contributed by atoms with Gasteiger partial charge in [0.2, 0.25) is 0 Å². The van der Waals surface area contributed by atoms with Crippen LogP contribution in [-0.4, -0.2) is 18.4 Å². The molecular weight excluding hydrogens is 404 g/mol. The average molecular weight is 426 g/mol. The molecule has 5 nitrogen and oxygen atoms in total. The van der Waals surface area contributed by atoms with E-state index in [4.69, 9.17) is 13.9 Å². The first kappa shape index (κ1) is 21.1. The molecule has 0 amide bonds. The highest BCUT2D eigenvalue weighted by atomic mass is 16.5. The predicted octanol–water partition coefficient (Wildman–Crippen LogP) is 6.26. The third-order valence-electron chi connectivity index (χ3n) is 4.93. The van der Waals surface area contributed by atoms with Crippen LogP contribution in [0.25, 0.3) is 17.0 Å². The molecule has 1 aromatic heterocycles. The Kier molecular flexibility index (Phi) is 6.17. The van der Waals surface area contributed by atoms with Gasteiger partial charge in [0, 0.05) is 10.9 Å². The largest absolute Gasteiger partial charge is 0.494 e. The van der Waals surface area contributed by atoms with Crippen molar-refractivity contribution in [3.63, 3.8) is 0 Å². The van der Waals surface area contributed by atoms with Gasteiger partial charge in [0.25, 0.3) is 0 Å². The number of carbonyl (C=O) groups excluding carboxylic acids is 2. The lowest BCUT2D eigenvalue weighted by Crippen LogP contribution is -2.09. The molecule has 0 unspecified atom stereocenters. The van der Waals surface area contributed by atoms with E-state index in [1.165, 1.54) is 6.08 Å². The van der Waals surface area contributed by atoms with E-state index in [0.717, 1.165) is 5.56 Å². The van der Waals surface area contributed by atoms with E-state index in [9.17, 15) is 9.59 Å². The van der Waals surface area contributed by atoms with Crippen molar-refractivity contribution < 1.29 is 23.5 Å². The first-order valence-electron chi connectivity index (χ1n) is 10.3. The molecule has 0 atom stereocenters. The van der Waals surface area contributed by atoms with Crippen molar-refractivity contribution in [2.24, 2.45) is 0 Å². The lowest BCUT2D eigenvalue weighted by molar-refractivity contribution is 0.0734. The van der Waals surface area contributed by atoms with E-state index in [1.807, 2.05) is 25.1 Å². The highest BCUT2D eigenvalue weighted by Crippen LogP contribution is 2.30. The number of rotatable bonds is 7. The Balaban J connectivity index is 1.48. The molecule has 0 spiro atoms. The number of furan rings is 1. The molecule has 160 valence electrons. The summed E-state index contributed by atoms with van der Waals surface area (Å²) in [5, 5.41) is 0.650. The fourth-order valence-corrected chi connectivity index (χ4v) is 3.38. The van der Waals surface area contributed by atoms with Crippen LogP contribution in [0.3, 0.4) is 0 Å². The molecular formula is C27H22O5. The van der Waals surface area contributed by atoms with Crippen LogP contribution in [0.4, 0.5) is 0 Å². The lowest BCUT2D eigenvalue weighted by Gasteiger charge is -2.05. The number of ether oxygens (including phenoxy) is 2. The Morgan fingerprint density at radius 3 is 2.38 bits per heavy atom. The normalized spacial score (nSPS) is 11.1. The highest BCUT2D eigenvalue weighted by Gasteiger charge is 2.21. The second-order valence-electron chi connectivity index (χ2n) is 7.15. The molecule has 0 saturated carbocycles. The molecule has 0 saturated heterocycles. The van der Waals surface area contributed by atoms with E-state index in [-0.39, 0.29) is 5.78 Å². The van der Waals surface area contributed by atoms with Crippen LogP contribution in [0.1, 0.15) is 39.0 Å². The Labute approximate surface area is 185 Å². The number of esters is 1. The summed E-state index contributed by atoms with van der Waals surface area (Å²) < 4.78 is 16.8. The summed E-state index contributed by atoms with van der Waals surface area (Å²) in [5.41, 5.74) is 2.42. The number of aryl methyl sites for hydroxylation is 1. The SMILES string of the molecule is CCOc1ccc2oc(C)c(C(=O)Oc3ccc(C=CC(=O)c4ccccc4)cc3)c2c1. The van der Waals surface area contributed by atoms with Gasteiger partial charge < -0.3 is 13.9 Å². The first-order chi connectivity index (χ1) is 15.5. The fraction of sp³-hybridized carbons (Fsp3) is 0.111. The van der Waals surface area contributed by atoms with Crippen molar-refractivity contribution in [3.8, 4) is 11.5 Å². The van der Waals surface area contributed by atoms with Crippen LogP contribution in [0.15, 0.2) is 83.3 Å². The van der Waals surface area contributed by atoms with Crippen molar-refractivity contribution >= 4 is 28.8 Å². The molecule has 4 rings (SSSR count). The third kappa shape index (κ3) is 4.62. The Bertz CT molecular complexity index is 1280. The minimum atomic E-state index is -0.502. The van der Waals surface area contributed by atoms with Gasteiger partial charge in [-0.1, -0.05) is 48.5 Å². The van der Waals surface area contributed by atoms with Crippen molar-refractivity contribution in [1.29, 1.82) is 0 Å². The topological polar surface area (TPSA) is 65.7 Å². The maximum Gasteiger partial charge on any atom is 0.347 e. The molecule has 5 heteroatoms. The monoisotopic (exact) mass is 426 g/mol. The van der Waals surface area contributed by atoms with Crippen LogP contribution in [0.5, 0.6) is 11.5 Å². The van der Waals surface area contributed by atoms with E-state index >= 15 is 0 Å². The zero-order valence-corrected chi connectivity index (χ0v) is 17.8. The molecule has 0 aliphatic rings. The molecule has 3 aromatic carbocycles. The van der Waals surface area contributed by atoms with Gasteiger partial charge in [-0.15, -0.1) is 0 Å². The predicted molar refractivity (Wildman–Crippen MR) is 123 cm³/mol. The van der Waals surface area contributed by atoms with E-state index in [0.29, 0.717) is 46.0 Å². The third-order valence-corrected chi connectivity index (χ3v) is 4.93. The second-order valence-corrected chi connectivity index (χ2v) is 7.15. The lowest BCUT2D eigenvalue weighted by atomic mass is 10.1. The minimum Gasteiger partial charge on any atom is -0.494 e. The highest BCUT2D eigenvalue weighted by molar-refractivity contribution is 6.07. The second kappa shape index (κ2) is 9.35. The van der Waals surface area contributed by atoms with E-state index < -0.39 is 5.97 Å². The van der Waals surface area contributed by atoms with Gasteiger partial charge in [-0.2, -0.15) is 0 Å². The van der Waals surface area contributed by atoms with Crippen molar-refractivity contribution in [1.82, 2.24) is 0 Å². The van der Waals surface area contributed by atoms with E-state index in [2.05, 4.69) is 0 Å². The van der Waals surface area contributed by atoms with Gasteiger partial charge in [0.15, 0.2) is 5.78 Å². The van der Waals surface area contributed by atoms with Crippen LogP contribution >= 0.6 is 0 Å². The van der Waals surface area contributed by atoms with Gasteiger partial charge >= 0.3 is 5.97 Å². The molecule has 0 bridgehead atoms. The van der Waals surface area contributed by atoms with Gasteiger partial charge in [0.05, 0.1) is 6.61 Å². The maximum absolute atomic E-state index is 12.9. The molecule has 0 fully saturated rings. The molecule has 0 aliphatic heterocycles. The standard InChI is InChI=1S/C27H22O5/c1-3-30-22-14-16-25-23(17-22)26(18(2)31-25)27(29)32-21-12-9-19(10-13-21)11-15-24(28)20-7-5-4-6-8-20/h4-17H,3H2,1-2H3. The number of hydrogen-bond acceptors (Lipinski definition) is 5. The smallest absolute Gasteiger partial charge is 0.347 e. The number of ketones is 1. The minimum absolute atomic E-state index is 0.0742. The summed E-state index contributed by atoms with van der Waals surface area (Å²) in [6.07, 6.45) is 3.25. The Morgan fingerprint density at radius 2 is 1.66 bits per heavy atom. The molecule has 0 radical (unpaired) electrons. The molecule has 4 aromatic rings. The van der Waals surface area contributed by atoms with Crippen molar-refractivity contribution in [2.45, 2.75) is 13.8 Å². The van der Waals surface area contributed by atoms with Gasteiger partial charge in [-0.25, -0.2) is 4.79 Å². The number of hydrogen-bond donors (Lipinski definition) is 0. The number of fused-ring (bicyclic) bond motifs is 1. The molecule has 0 N–H and O–H groups in total. The maximum atomic E-state index is 12.9. The van der Waals surface area contributed by atoms with Crippen molar-refractivity contribution in [3.05, 3.63) is 101 Å². The summed E-state index contributed by atoms with van der Waals surface area (Å²) in [4.78, 5) is 25.0. The zero-order valence-electron chi connectivity index (χ0n) is 17.8. The van der Waals surface area contributed by atoms with E-state index in [1.54, 1.807) is 67.6 Å². The number of allylic oxidation sites excluding steroid dienone is 1. The quantitative estimate of drug-likeness (QED) is 0.151. The van der Waals surface area contributed by atoms with Crippen molar-refractivity contribution in [2.75, 3.05) is 6.61 Å². The van der Waals surface area contributed by atoms with Gasteiger partial charge in [-0.3, -0.25) is 4.79 Å². The molecule has 0 aliphatic carbocycles. The first-order valence-corrected chi connectivity index (χ1v) is 10.3. The summed E-state index contributed by atoms with van der Waals surface area (Å²) in [7, 11) is 0. The summed E-state index contributed by atoms with van der Waals surface area (Å²) in [6.45, 7) is 4.16. The summed E-state index contributed by atoms with van der Waals surface area (Å²) in [5.74, 6) is 0.970. The Hall–Kier alpha value is -4.12. The Morgan fingerprint density at radius 1 is 0.938 bits per heavy atom.